The predicted octanol–water partition coefficient (Wildman–Crippen LogP) is 3.06. The van der Waals surface area contributed by atoms with Crippen LogP contribution < -0.4 is 10.1 Å². The highest BCUT2D eigenvalue weighted by atomic mass is 35.5. The zero-order chi connectivity index (χ0) is 16.7. The van der Waals surface area contributed by atoms with Crippen LogP contribution in [0.5, 0.6) is 5.75 Å². The molecule has 0 aliphatic carbocycles. The van der Waals surface area contributed by atoms with Crippen molar-refractivity contribution in [2.24, 2.45) is 0 Å². The molecule has 0 spiro atoms. The highest BCUT2D eigenvalue weighted by Gasteiger charge is 2.15. The Balaban J connectivity index is 2.20. The molecule has 1 unspecified atom stereocenters. The number of aliphatic hydroxyl groups excluding tert-OH is 1. The molecule has 1 amide bonds. The summed E-state index contributed by atoms with van der Waals surface area (Å²) in [4.78, 5) is 11.7. The van der Waals surface area contributed by atoms with Gasteiger partial charge in [-0.3, -0.25) is 4.79 Å². The van der Waals surface area contributed by atoms with Crippen molar-refractivity contribution in [2.45, 2.75) is 18.8 Å². The molecule has 0 aliphatic heterocycles. The number of hydrogen-bond acceptors (Lipinski definition) is 3. The van der Waals surface area contributed by atoms with Crippen LogP contribution in [0.3, 0.4) is 0 Å². The van der Waals surface area contributed by atoms with Gasteiger partial charge in [0.1, 0.15) is 5.75 Å². The number of ether oxygens (including phenoxy) is 1. The van der Waals surface area contributed by atoms with Crippen molar-refractivity contribution in [3.05, 3.63) is 42.0 Å². The van der Waals surface area contributed by atoms with Gasteiger partial charge in [0.2, 0.25) is 5.91 Å². The molecule has 0 bridgehead atoms. The molecule has 0 saturated carbocycles. The Bertz CT molecular complexity index is 660. The Morgan fingerprint density at radius 3 is 2.87 bits per heavy atom. The lowest BCUT2D eigenvalue weighted by atomic mass is 9.93. The summed E-state index contributed by atoms with van der Waals surface area (Å²) < 4.78 is 5.29. The van der Waals surface area contributed by atoms with E-state index in [1.165, 1.54) is 0 Å². The Morgan fingerprint density at radius 1 is 1.35 bits per heavy atom. The smallest absolute Gasteiger partial charge is 0.220 e. The number of carbonyl (C=O) groups is 1. The maximum Gasteiger partial charge on any atom is 0.220 e. The Hall–Kier alpha value is -1.78. The van der Waals surface area contributed by atoms with Crippen molar-refractivity contribution in [3.8, 4) is 5.75 Å². The molecule has 124 valence electrons. The number of amides is 1. The number of hydrogen-bond donors (Lipinski definition) is 2. The summed E-state index contributed by atoms with van der Waals surface area (Å²) in [5, 5.41) is 14.7. The van der Waals surface area contributed by atoms with Crippen LogP contribution in [0.25, 0.3) is 10.8 Å². The summed E-state index contributed by atoms with van der Waals surface area (Å²) in [6.07, 6.45) is 1.06. The van der Waals surface area contributed by atoms with Crippen molar-refractivity contribution in [3.63, 3.8) is 0 Å². The highest BCUT2D eigenvalue weighted by molar-refractivity contribution is 6.17. The third-order valence-corrected chi connectivity index (χ3v) is 4.13. The molecule has 4 nitrogen and oxygen atoms in total. The second kappa shape index (κ2) is 8.75. The van der Waals surface area contributed by atoms with Gasteiger partial charge in [-0.1, -0.05) is 24.3 Å². The van der Waals surface area contributed by atoms with E-state index in [9.17, 15) is 9.90 Å². The minimum atomic E-state index is -0.161. The average molecular weight is 336 g/mol. The van der Waals surface area contributed by atoms with E-state index in [1.54, 1.807) is 7.11 Å². The second-order valence-corrected chi connectivity index (χ2v) is 5.79. The van der Waals surface area contributed by atoms with Crippen LogP contribution in [-0.4, -0.2) is 37.2 Å². The van der Waals surface area contributed by atoms with Crippen LogP contribution in [-0.2, 0) is 4.79 Å². The van der Waals surface area contributed by atoms with E-state index in [1.807, 2.05) is 36.4 Å². The Kier molecular flexibility index (Phi) is 6.68. The number of carbonyl (C=O) groups excluding carboxylic acids is 1. The number of alkyl halides is 1. The molecule has 2 rings (SSSR count). The van der Waals surface area contributed by atoms with E-state index in [4.69, 9.17) is 16.3 Å². The summed E-state index contributed by atoms with van der Waals surface area (Å²) in [7, 11) is 1.63. The standard InChI is InChI=1S/C18H22ClNO3/c1-23-15-8-7-13-4-2-5-16(17(13)10-15)14(12-21)11-20-18(22)6-3-9-19/h2,4-5,7-8,10,14,21H,3,6,9,11-12H2,1H3,(H,20,22). The number of fused-ring (bicyclic) bond motifs is 1. The van der Waals surface area contributed by atoms with E-state index >= 15 is 0 Å². The quantitative estimate of drug-likeness (QED) is 0.729. The lowest BCUT2D eigenvalue weighted by molar-refractivity contribution is -0.121. The maximum atomic E-state index is 11.7. The first-order chi connectivity index (χ1) is 11.2. The van der Waals surface area contributed by atoms with E-state index in [0.717, 1.165) is 22.1 Å². The molecule has 0 aliphatic rings. The topological polar surface area (TPSA) is 58.6 Å². The summed E-state index contributed by atoms with van der Waals surface area (Å²) in [6, 6.07) is 11.8. The first-order valence-electron chi connectivity index (χ1n) is 7.69. The molecule has 0 radical (unpaired) electrons. The normalized spacial score (nSPS) is 12.1. The number of halogens is 1. The van der Waals surface area contributed by atoms with Crippen LogP contribution in [0.4, 0.5) is 0 Å². The summed E-state index contributed by atoms with van der Waals surface area (Å²) in [5.41, 5.74) is 1.00. The van der Waals surface area contributed by atoms with E-state index < -0.39 is 0 Å². The van der Waals surface area contributed by atoms with E-state index in [2.05, 4.69) is 5.32 Å². The van der Waals surface area contributed by atoms with Gasteiger partial charge in [0.25, 0.3) is 0 Å². The number of methoxy groups -OCH3 is 1. The summed E-state index contributed by atoms with van der Waals surface area (Å²) in [5.74, 6) is 1.04. The highest BCUT2D eigenvalue weighted by Crippen LogP contribution is 2.28. The van der Waals surface area contributed by atoms with Gasteiger partial charge in [0.05, 0.1) is 13.7 Å². The first-order valence-corrected chi connectivity index (χ1v) is 8.23. The number of benzene rings is 2. The molecule has 23 heavy (non-hydrogen) atoms. The van der Waals surface area contributed by atoms with Crippen molar-refractivity contribution >= 4 is 28.3 Å². The van der Waals surface area contributed by atoms with Gasteiger partial charge in [0.15, 0.2) is 0 Å². The van der Waals surface area contributed by atoms with Crippen LogP contribution >= 0.6 is 11.6 Å². The van der Waals surface area contributed by atoms with Crippen LogP contribution in [0, 0.1) is 0 Å². The van der Waals surface area contributed by atoms with E-state index in [-0.39, 0.29) is 18.4 Å². The molecule has 2 N–H and O–H groups in total. The van der Waals surface area contributed by atoms with Crippen molar-refractivity contribution in [1.29, 1.82) is 0 Å². The van der Waals surface area contributed by atoms with Gasteiger partial charge in [-0.05, 0) is 34.9 Å². The molecule has 5 heteroatoms. The first kappa shape index (κ1) is 17.6. The second-order valence-electron chi connectivity index (χ2n) is 5.41. The van der Waals surface area contributed by atoms with Crippen molar-refractivity contribution in [1.82, 2.24) is 5.32 Å². The molecule has 1 atom stereocenters. The lowest BCUT2D eigenvalue weighted by Crippen LogP contribution is -2.29. The van der Waals surface area contributed by atoms with Crippen molar-refractivity contribution in [2.75, 3.05) is 26.1 Å². The molecule has 0 fully saturated rings. The van der Waals surface area contributed by atoms with Gasteiger partial charge in [0, 0.05) is 24.8 Å². The lowest BCUT2D eigenvalue weighted by Gasteiger charge is -2.18. The molecule has 0 heterocycles. The zero-order valence-electron chi connectivity index (χ0n) is 13.2. The summed E-state index contributed by atoms with van der Waals surface area (Å²) >= 11 is 5.59. The Morgan fingerprint density at radius 2 is 2.17 bits per heavy atom. The summed E-state index contributed by atoms with van der Waals surface area (Å²) in [6.45, 7) is 0.361. The average Bonchev–Trinajstić information content (AvgIpc) is 2.60. The minimum Gasteiger partial charge on any atom is -0.497 e. The van der Waals surface area contributed by atoms with Gasteiger partial charge in [-0.15, -0.1) is 11.6 Å². The van der Waals surface area contributed by atoms with Crippen LogP contribution in [0.15, 0.2) is 36.4 Å². The number of aliphatic hydroxyl groups is 1. The van der Waals surface area contributed by atoms with Gasteiger partial charge in [-0.25, -0.2) is 0 Å². The molecule has 2 aromatic rings. The molecule has 2 aromatic carbocycles. The monoisotopic (exact) mass is 335 g/mol. The van der Waals surface area contributed by atoms with Gasteiger partial charge in [-0.2, -0.15) is 0 Å². The number of rotatable bonds is 8. The fourth-order valence-corrected chi connectivity index (χ4v) is 2.72. The molecular weight excluding hydrogens is 314 g/mol. The maximum absolute atomic E-state index is 11.7. The third kappa shape index (κ3) is 4.60. The van der Waals surface area contributed by atoms with Gasteiger partial charge < -0.3 is 15.2 Å². The van der Waals surface area contributed by atoms with Crippen LogP contribution in [0.1, 0.15) is 24.3 Å². The fraction of sp³-hybridized carbons (Fsp3) is 0.389. The molecular formula is C18H22ClNO3. The van der Waals surface area contributed by atoms with Gasteiger partial charge >= 0.3 is 0 Å². The predicted molar refractivity (Wildman–Crippen MR) is 93.3 cm³/mol. The minimum absolute atomic E-state index is 0.0356. The molecule has 0 aromatic heterocycles. The molecule has 0 saturated heterocycles. The fourth-order valence-electron chi connectivity index (χ4n) is 2.58. The van der Waals surface area contributed by atoms with Crippen LogP contribution in [0.2, 0.25) is 0 Å². The van der Waals surface area contributed by atoms with Crippen molar-refractivity contribution < 1.29 is 14.6 Å². The van der Waals surface area contributed by atoms with E-state index in [0.29, 0.717) is 25.3 Å². The Labute approximate surface area is 141 Å². The zero-order valence-corrected chi connectivity index (χ0v) is 14.0. The largest absolute Gasteiger partial charge is 0.497 e. The number of nitrogens with one attached hydrogen (secondary N) is 1. The third-order valence-electron chi connectivity index (χ3n) is 3.87. The SMILES string of the molecule is COc1ccc2cccc(C(CO)CNC(=O)CCCCl)c2c1.